The second kappa shape index (κ2) is 16.3. The molecular weight excluding hydrogens is 667 g/mol. The molecular formula is C39H45N5O6S. The molecule has 51 heavy (non-hydrogen) atoms. The van der Waals surface area contributed by atoms with Crippen LogP contribution in [0, 0.1) is 0 Å². The maximum absolute atomic E-state index is 14.1. The van der Waals surface area contributed by atoms with E-state index in [0.717, 1.165) is 27.3 Å². The fraction of sp³-hybridized carbons (Fsp3) is 0.308. The summed E-state index contributed by atoms with van der Waals surface area (Å²) in [5, 5.41) is 21.0. The van der Waals surface area contributed by atoms with Crippen molar-refractivity contribution in [1.29, 1.82) is 0 Å². The molecule has 0 radical (unpaired) electrons. The fourth-order valence-corrected chi connectivity index (χ4v) is 6.69. The number of rotatable bonds is 13. The maximum atomic E-state index is 14.1. The zero-order valence-electron chi connectivity index (χ0n) is 29.2. The van der Waals surface area contributed by atoms with E-state index in [4.69, 9.17) is 0 Å². The van der Waals surface area contributed by atoms with E-state index in [2.05, 4.69) is 16.0 Å². The van der Waals surface area contributed by atoms with E-state index < -0.39 is 40.0 Å². The standard InChI is InChI=1S/C39H45N5O6S/c1-26-24-44(25-29-16-10-6-11-17-29)39(48)35(40-26)36(45)34(20-28-14-8-5-9-15-28)42-38(47)32-21-31(22-33(23-32)43(3)51(4,49)50)37(46)41-27(2)30-18-12-7-13-19-30/h5-19,21-23,26-27,34-36,40,45H,20,24-25H2,1-4H3,(H,41,46)(H,42,47)/t26?,27-,34+,35+,36+/m1/s1. The number of aliphatic hydroxyl groups excluding tert-OH is 1. The van der Waals surface area contributed by atoms with Gasteiger partial charge < -0.3 is 20.6 Å². The summed E-state index contributed by atoms with van der Waals surface area (Å²) in [6.45, 7) is 4.58. The van der Waals surface area contributed by atoms with Gasteiger partial charge in [-0.3, -0.25) is 24.0 Å². The zero-order valence-corrected chi connectivity index (χ0v) is 30.0. The summed E-state index contributed by atoms with van der Waals surface area (Å²) in [7, 11) is -2.42. The van der Waals surface area contributed by atoms with Gasteiger partial charge in [0.05, 0.1) is 30.1 Å². The van der Waals surface area contributed by atoms with Crippen LogP contribution in [0.15, 0.2) is 109 Å². The third-order valence-electron chi connectivity index (χ3n) is 9.07. The van der Waals surface area contributed by atoms with Crippen molar-refractivity contribution in [2.24, 2.45) is 0 Å². The van der Waals surface area contributed by atoms with Crippen molar-refractivity contribution >= 4 is 33.4 Å². The molecule has 1 aliphatic rings. The Morgan fingerprint density at radius 2 is 1.41 bits per heavy atom. The first-order valence-corrected chi connectivity index (χ1v) is 18.7. The molecule has 268 valence electrons. The first-order chi connectivity index (χ1) is 24.3. The lowest BCUT2D eigenvalue weighted by molar-refractivity contribution is -0.141. The highest BCUT2D eigenvalue weighted by atomic mass is 32.2. The number of nitrogens with zero attached hydrogens (tertiary/aromatic N) is 2. The van der Waals surface area contributed by atoms with Crippen molar-refractivity contribution in [1.82, 2.24) is 20.9 Å². The van der Waals surface area contributed by atoms with Gasteiger partial charge >= 0.3 is 0 Å². The quantitative estimate of drug-likeness (QED) is 0.166. The summed E-state index contributed by atoms with van der Waals surface area (Å²) in [5.74, 6) is -1.45. The van der Waals surface area contributed by atoms with Crippen LogP contribution in [-0.2, 0) is 27.8 Å². The van der Waals surface area contributed by atoms with E-state index >= 15 is 0 Å². The molecule has 0 aromatic heterocycles. The number of sulfonamides is 1. The number of aliphatic hydroxyl groups is 1. The first kappa shape index (κ1) is 37.2. The predicted octanol–water partition coefficient (Wildman–Crippen LogP) is 3.66. The van der Waals surface area contributed by atoms with Gasteiger partial charge in [-0.1, -0.05) is 91.0 Å². The van der Waals surface area contributed by atoms with Gasteiger partial charge in [0.2, 0.25) is 15.9 Å². The molecule has 1 aliphatic heterocycles. The van der Waals surface area contributed by atoms with E-state index in [-0.39, 0.29) is 41.2 Å². The fourth-order valence-electron chi connectivity index (χ4n) is 6.20. The van der Waals surface area contributed by atoms with Crippen LogP contribution in [0.3, 0.4) is 0 Å². The molecule has 0 saturated carbocycles. The Morgan fingerprint density at radius 1 is 0.882 bits per heavy atom. The van der Waals surface area contributed by atoms with Crippen LogP contribution < -0.4 is 20.3 Å². The van der Waals surface area contributed by atoms with Crippen molar-refractivity contribution in [3.05, 3.63) is 137 Å². The van der Waals surface area contributed by atoms with Crippen LogP contribution in [-0.4, -0.2) is 80.2 Å². The number of carbonyl (C=O) groups excluding carboxylic acids is 3. The van der Waals surface area contributed by atoms with E-state index in [0.29, 0.717) is 13.1 Å². The molecule has 12 heteroatoms. The van der Waals surface area contributed by atoms with Gasteiger partial charge in [-0.15, -0.1) is 0 Å². The van der Waals surface area contributed by atoms with Crippen molar-refractivity contribution in [2.75, 3.05) is 24.2 Å². The average Bonchev–Trinajstić information content (AvgIpc) is 3.12. The summed E-state index contributed by atoms with van der Waals surface area (Å²) in [5.41, 5.74) is 2.84. The largest absolute Gasteiger partial charge is 0.389 e. The number of anilines is 1. The summed E-state index contributed by atoms with van der Waals surface area (Å²) in [4.78, 5) is 43.2. The second-order valence-electron chi connectivity index (χ2n) is 13.1. The lowest BCUT2D eigenvalue weighted by atomic mass is 9.93. The van der Waals surface area contributed by atoms with E-state index in [1.165, 1.54) is 25.2 Å². The second-order valence-corrected chi connectivity index (χ2v) is 15.1. The zero-order chi connectivity index (χ0) is 36.7. The predicted molar refractivity (Wildman–Crippen MR) is 198 cm³/mol. The molecule has 4 N–H and O–H groups in total. The maximum Gasteiger partial charge on any atom is 0.251 e. The Morgan fingerprint density at radius 3 is 1.98 bits per heavy atom. The third-order valence-corrected chi connectivity index (χ3v) is 10.3. The number of hydrogen-bond donors (Lipinski definition) is 4. The van der Waals surface area contributed by atoms with Crippen molar-refractivity contribution in [3.8, 4) is 0 Å². The van der Waals surface area contributed by atoms with Gasteiger partial charge in [-0.05, 0) is 55.2 Å². The molecule has 1 heterocycles. The molecule has 3 amide bonds. The van der Waals surface area contributed by atoms with Gasteiger partial charge in [0.15, 0.2) is 0 Å². The van der Waals surface area contributed by atoms with Crippen LogP contribution in [0.1, 0.15) is 57.3 Å². The van der Waals surface area contributed by atoms with Crippen LogP contribution in [0.4, 0.5) is 5.69 Å². The molecule has 11 nitrogen and oxygen atoms in total. The number of piperazine rings is 1. The minimum Gasteiger partial charge on any atom is -0.389 e. The molecule has 1 saturated heterocycles. The molecule has 0 spiro atoms. The molecule has 5 atom stereocenters. The van der Waals surface area contributed by atoms with E-state index in [9.17, 15) is 27.9 Å². The SMILES string of the molecule is CC1CN(Cc2ccccc2)C(=O)[C@H]([C@@H](O)[C@H](Cc2ccccc2)NC(=O)c2cc(C(=O)N[C@H](C)c3ccccc3)cc(N(C)S(C)(=O)=O)c2)N1. The van der Waals surface area contributed by atoms with Crippen LogP contribution in [0.2, 0.25) is 0 Å². The summed E-state index contributed by atoms with van der Waals surface area (Å²) < 4.78 is 26.1. The molecule has 1 fully saturated rings. The molecule has 4 aromatic carbocycles. The molecule has 4 aromatic rings. The Labute approximate surface area is 299 Å². The Hall–Kier alpha value is -5.04. The van der Waals surface area contributed by atoms with E-state index in [1.807, 2.05) is 105 Å². The van der Waals surface area contributed by atoms with Crippen molar-refractivity contribution < 1.29 is 27.9 Å². The molecule has 0 aliphatic carbocycles. The topological polar surface area (TPSA) is 148 Å². The Balaban J connectivity index is 1.45. The number of amides is 3. The van der Waals surface area contributed by atoms with Crippen LogP contribution in [0.5, 0.6) is 0 Å². The van der Waals surface area contributed by atoms with Crippen molar-refractivity contribution in [2.45, 2.75) is 57.1 Å². The van der Waals surface area contributed by atoms with Gasteiger partial charge in [0, 0.05) is 37.3 Å². The number of nitrogens with one attached hydrogen (secondary N) is 3. The van der Waals surface area contributed by atoms with E-state index in [1.54, 1.807) is 4.90 Å². The smallest absolute Gasteiger partial charge is 0.251 e. The van der Waals surface area contributed by atoms with Gasteiger partial charge in [-0.25, -0.2) is 8.42 Å². The number of benzene rings is 4. The third kappa shape index (κ3) is 9.60. The van der Waals surface area contributed by atoms with Gasteiger partial charge in [0.1, 0.15) is 6.04 Å². The lowest BCUT2D eigenvalue weighted by Crippen LogP contribution is -2.66. The highest BCUT2D eigenvalue weighted by molar-refractivity contribution is 7.92. The van der Waals surface area contributed by atoms with Crippen LogP contribution >= 0.6 is 0 Å². The van der Waals surface area contributed by atoms with Gasteiger partial charge in [-0.2, -0.15) is 0 Å². The van der Waals surface area contributed by atoms with Gasteiger partial charge in [0.25, 0.3) is 11.8 Å². The normalized spacial score (nSPS) is 18.0. The minimum atomic E-state index is -3.76. The summed E-state index contributed by atoms with van der Waals surface area (Å²) in [6.07, 6.45) is -0.129. The molecule has 5 rings (SSSR count). The van der Waals surface area contributed by atoms with Crippen molar-refractivity contribution in [3.63, 3.8) is 0 Å². The minimum absolute atomic E-state index is 0.00720. The van der Waals surface area contributed by atoms with Crippen LogP contribution in [0.25, 0.3) is 0 Å². The Kier molecular flexibility index (Phi) is 11.9. The number of hydrogen-bond acceptors (Lipinski definition) is 7. The number of carbonyl (C=O) groups is 3. The average molecular weight is 712 g/mol. The first-order valence-electron chi connectivity index (χ1n) is 16.9. The molecule has 0 bridgehead atoms. The lowest BCUT2D eigenvalue weighted by Gasteiger charge is -2.41. The summed E-state index contributed by atoms with van der Waals surface area (Å²) in [6, 6.07) is 29.9. The molecule has 1 unspecified atom stereocenters. The summed E-state index contributed by atoms with van der Waals surface area (Å²) >= 11 is 0. The monoisotopic (exact) mass is 711 g/mol. The Bertz CT molecular complexity index is 1930. The highest BCUT2D eigenvalue weighted by Crippen LogP contribution is 2.23. The highest BCUT2D eigenvalue weighted by Gasteiger charge is 2.40.